The number of carboxylic acids is 1. The maximum absolute atomic E-state index is 12.4. The summed E-state index contributed by atoms with van der Waals surface area (Å²) in [7, 11) is 0. The topological polar surface area (TPSA) is 57.6 Å². The molecule has 0 aliphatic heterocycles. The largest absolute Gasteiger partial charge is 0.481 e. The first kappa shape index (κ1) is 16.0. The fraction of sp³-hybridized carbons (Fsp3) is 0.500. The van der Waals surface area contributed by atoms with Crippen molar-refractivity contribution in [2.45, 2.75) is 44.6 Å². The minimum absolute atomic E-state index is 0.0227. The van der Waals surface area contributed by atoms with E-state index in [9.17, 15) is 9.59 Å². The van der Waals surface area contributed by atoms with E-state index >= 15 is 0 Å². The van der Waals surface area contributed by atoms with Gasteiger partial charge in [0.2, 0.25) is 5.91 Å². The molecule has 0 heterocycles. The van der Waals surface area contributed by atoms with Crippen molar-refractivity contribution in [3.05, 3.63) is 34.3 Å². The lowest BCUT2D eigenvalue weighted by Crippen LogP contribution is -2.35. The van der Waals surface area contributed by atoms with Crippen molar-refractivity contribution in [1.82, 2.24) is 4.90 Å². The molecule has 21 heavy (non-hydrogen) atoms. The summed E-state index contributed by atoms with van der Waals surface area (Å²) in [5.41, 5.74) is 1.13. The van der Waals surface area contributed by atoms with Crippen LogP contribution in [0.5, 0.6) is 0 Å². The molecule has 1 aliphatic rings. The lowest BCUT2D eigenvalue weighted by molar-refractivity contribution is -0.138. The lowest BCUT2D eigenvalue weighted by atomic mass is 9.97. The number of hydrogen-bond donors (Lipinski definition) is 1. The Balaban J connectivity index is 1.94. The average Bonchev–Trinajstić information content (AvgIpc) is 3.23. The lowest BCUT2D eigenvalue weighted by Gasteiger charge is -2.23. The molecule has 1 aromatic rings. The molecule has 1 N–H and O–H groups in total. The highest BCUT2D eigenvalue weighted by atomic mass is 79.9. The first-order chi connectivity index (χ1) is 9.97. The third-order valence-electron chi connectivity index (χ3n) is 3.79. The van der Waals surface area contributed by atoms with Gasteiger partial charge < -0.3 is 10.0 Å². The monoisotopic (exact) mass is 353 g/mol. The van der Waals surface area contributed by atoms with Gasteiger partial charge in [-0.25, -0.2) is 0 Å². The van der Waals surface area contributed by atoms with Gasteiger partial charge in [-0.2, -0.15) is 0 Å². The Morgan fingerprint density at radius 2 is 1.95 bits per heavy atom. The number of aliphatic carboxylic acids is 1. The van der Waals surface area contributed by atoms with Crippen LogP contribution in [0.15, 0.2) is 28.7 Å². The Labute approximate surface area is 133 Å². The number of amides is 1. The number of carbonyl (C=O) groups excluding carboxylic acids is 1. The third-order valence-corrected chi connectivity index (χ3v) is 4.32. The molecule has 4 nitrogen and oxygen atoms in total. The standard InChI is InChI=1S/C16H20BrNO3/c1-11(12-2-4-13(17)5-3-12)10-15(19)18(14-6-7-14)9-8-16(20)21/h2-5,11,14H,6-10H2,1H3,(H,20,21). The van der Waals surface area contributed by atoms with Crippen LogP contribution in [0, 0.1) is 0 Å². The summed E-state index contributed by atoms with van der Waals surface area (Å²) in [6.07, 6.45) is 2.45. The zero-order valence-corrected chi connectivity index (χ0v) is 13.7. The predicted octanol–water partition coefficient (Wildman–Crippen LogP) is 3.41. The zero-order chi connectivity index (χ0) is 15.4. The first-order valence-corrected chi connectivity index (χ1v) is 8.03. The zero-order valence-electron chi connectivity index (χ0n) is 12.1. The maximum Gasteiger partial charge on any atom is 0.305 e. The van der Waals surface area contributed by atoms with Crippen molar-refractivity contribution in [2.75, 3.05) is 6.54 Å². The molecule has 0 saturated heterocycles. The summed E-state index contributed by atoms with van der Waals surface area (Å²) in [6.45, 7) is 2.36. The molecule has 1 aliphatic carbocycles. The van der Waals surface area contributed by atoms with Crippen LogP contribution in [0.1, 0.15) is 44.1 Å². The molecule has 5 heteroatoms. The Morgan fingerprint density at radius 1 is 1.33 bits per heavy atom. The highest BCUT2D eigenvalue weighted by Gasteiger charge is 2.33. The van der Waals surface area contributed by atoms with E-state index in [4.69, 9.17) is 5.11 Å². The van der Waals surface area contributed by atoms with Gasteiger partial charge in [0.25, 0.3) is 0 Å². The Morgan fingerprint density at radius 3 is 2.48 bits per heavy atom. The molecule has 0 radical (unpaired) electrons. The molecule has 2 rings (SSSR count). The van der Waals surface area contributed by atoms with Gasteiger partial charge in [-0.1, -0.05) is 35.0 Å². The van der Waals surface area contributed by atoms with Crippen LogP contribution < -0.4 is 0 Å². The Hall–Kier alpha value is -1.36. The minimum atomic E-state index is -0.852. The van der Waals surface area contributed by atoms with E-state index in [2.05, 4.69) is 15.9 Å². The van der Waals surface area contributed by atoms with Gasteiger partial charge in [-0.05, 0) is 36.5 Å². The second-order valence-electron chi connectivity index (χ2n) is 5.62. The van der Waals surface area contributed by atoms with Gasteiger partial charge in [0.1, 0.15) is 0 Å². The summed E-state index contributed by atoms with van der Waals surface area (Å²) in [6, 6.07) is 8.23. The van der Waals surface area contributed by atoms with Crippen molar-refractivity contribution >= 4 is 27.8 Å². The number of halogens is 1. The highest BCUT2D eigenvalue weighted by molar-refractivity contribution is 9.10. The van der Waals surface area contributed by atoms with Crippen LogP contribution in [0.2, 0.25) is 0 Å². The van der Waals surface area contributed by atoms with E-state index in [0.717, 1.165) is 22.9 Å². The number of hydrogen-bond acceptors (Lipinski definition) is 2. The Bertz CT molecular complexity index is 511. The molecule has 114 valence electrons. The molecule has 0 bridgehead atoms. The summed E-state index contributed by atoms with van der Waals surface area (Å²) in [4.78, 5) is 24.9. The van der Waals surface area contributed by atoms with E-state index in [1.54, 1.807) is 4.90 Å². The summed E-state index contributed by atoms with van der Waals surface area (Å²) >= 11 is 3.40. The smallest absolute Gasteiger partial charge is 0.305 e. The SMILES string of the molecule is CC(CC(=O)N(CCC(=O)O)C1CC1)c1ccc(Br)cc1. The van der Waals surface area contributed by atoms with Gasteiger partial charge in [-0.3, -0.25) is 9.59 Å². The van der Waals surface area contributed by atoms with Crippen LogP contribution in [0.25, 0.3) is 0 Å². The normalized spacial score (nSPS) is 15.5. The quantitative estimate of drug-likeness (QED) is 0.816. The fourth-order valence-electron chi connectivity index (χ4n) is 2.40. The summed E-state index contributed by atoms with van der Waals surface area (Å²) in [5, 5.41) is 8.79. The first-order valence-electron chi connectivity index (χ1n) is 7.24. The van der Waals surface area contributed by atoms with Crippen LogP contribution in [0.4, 0.5) is 0 Å². The molecule has 1 unspecified atom stereocenters. The molecule has 1 fully saturated rings. The van der Waals surface area contributed by atoms with Crippen molar-refractivity contribution in [3.8, 4) is 0 Å². The molecular formula is C16H20BrNO3. The molecular weight excluding hydrogens is 334 g/mol. The van der Waals surface area contributed by atoms with Crippen LogP contribution in [0.3, 0.4) is 0 Å². The molecule has 0 spiro atoms. The van der Waals surface area contributed by atoms with Crippen LogP contribution in [-0.2, 0) is 9.59 Å². The molecule has 1 aromatic carbocycles. The fourth-order valence-corrected chi connectivity index (χ4v) is 2.67. The van der Waals surface area contributed by atoms with Crippen molar-refractivity contribution in [1.29, 1.82) is 0 Å². The third kappa shape index (κ3) is 4.84. The minimum Gasteiger partial charge on any atom is -0.481 e. The van der Waals surface area contributed by atoms with Crippen LogP contribution >= 0.6 is 15.9 Å². The average molecular weight is 354 g/mol. The predicted molar refractivity (Wildman–Crippen MR) is 84.2 cm³/mol. The molecule has 1 amide bonds. The molecule has 1 atom stereocenters. The number of rotatable bonds is 7. The molecule has 0 aromatic heterocycles. The number of carboxylic acid groups (broad SMARTS) is 1. The van der Waals surface area contributed by atoms with Gasteiger partial charge in [0, 0.05) is 23.5 Å². The van der Waals surface area contributed by atoms with Crippen molar-refractivity contribution < 1.29 is 14.7 Å². The van der Waals surface area contributed by atoms with Gasteiger partial charge in [0.15, 0.2) is 0 Å². The van der Waals surface area contributed by atoms with E-state index in [-0.39, 0.29) is 24.3 Å². The van der Waals surface area contributed by atoms with Gasteiger partial charge in [0.05, 0.1) is 6.42 Å². The number of carbonyl (C=O) groups is 2. The number of nitrogens with zero attached hydrogens (tertiary/aromatic N) is 1. The second kappa shape index (κ2) is 7.07. The van der Waals surface area contributed by atoms with Crippen molar-refractivity contribution in [3.63, 3.8) is 0 Å². The van der Waals surface area contributed by atoms with Gasteiger partial charge in [-0.15, -0.1) is 0 Å². The van der Waals surface area contributed by atoms with E-state index in [0.29, 0.717) is 13.0 Å². The Kier molecular flexibility index (Phi) is 5.39. The van der Waals surface area contributed by atoms with E-state index in [1.807, 2.05) is 31.2 Å². The van der Waals surface area contributed by atoms with E-state index in [1.165, 1.54) is 0 Å². The highest BCUT2D eigenvalue weighted by Crippen LogP contribution is 2.29. The van der Waals surface area contributed by atoms with Crippen molar-refractivity contribution in [2.24, 2.45) is 0 Å². The number of benzene rings is 1. The maximum atomic E-state index is 12.4. The second-order valence-corrected chi connectivity index (χ2v) is 6.53. The summed E-state index contributed by atoms with van der Waals surface area (Å²) < 4.78 is 1.02. The van der Waals surface area contributed by atoms with Gasteiger partial charge >= 0.3 is 5.97 Å². The van der Waals surface area contributed by atoms with E-state index < -0.39 is 5.97 Å². The molecule has 1 saturated carbocycles. The van der Waals surface area contributed by atoms with Crippen LogP contribution in [-0.4, -0.2) is 34.5 Å². The summed E-state index contributed by atoms with van der Waals surface area (Å²) in [5.74, 6) is -0.653.